The summed E-state index contributed by atoms with van der Waals surface area (Å²) in [6, 6.07) is 57.0. The molecule has 1 fully saturated rings. The fourth-order valence-electron chi connectivity index (χ4n) is 9.94. The van der Waals surface area contributed by atoms with Crippen molar-refractivity contribution >= 4 is 11.4 Å². The van der Waals surface area contributed by atoms with Crippen molar-refractivity contribution < 1.29 is 0 Å². The van der Waals surface area contributed by atoms with Gasteiger partial charge in [-0.1, -0.05) is 142 Å². The Hall–Kier alpha value is -4.88. The maximum absolute atomic E-state index is 2.68. The van der Waals surface area contributed by atoms with Crippen LogP contribution in [0.5, 0.6) is 0 Å². The molecule has 1 saturated carbocycles. The third kappa shape index (κ3) is 4.44. The van der Waals surface area contributed by atoms with Gasteiger partial charge in [0.25, 0.3) is 0 Å². The predicted molar refractivity (Wildman–Crippen MR) is 206 cm³/mol. The molecule has 0 aromatic heterocycles. The van der Waals surface area contributed by atoms with Crippen molar-refractivity contribution in [3.8, 4) is 22.3 Å². The molecule has 2 aliphatic carbocycles. The van der Waals surface area contributed by atoms with Crippen LogP contribution in [0.1, 0.15) is 80.7 Å². The number of fused-ring (bicyclic) bond motifs is 6. The van der Waals surface area contributed by atoms with Gasteiger partial charge in [0.15, 0.2) is 0 Å². The van der Waals surface area contributed by atoms with Crippen molar-refractivity contribution in [1.82, 2.24) is 0 Å². The van der Waals surface area contributed by atoms with Crippen LogP contribution in [-0.4, -0.2) is 5.54 Å². The van der Waals surface area contributed by atoms with Gasteiger partial charge >= 0.3 is 0 Å². The van der Waals surface area contributed by atoms with Gasteiger partial charge in [-0.3, -0.25) is 0 Å². The van der Waals surface area contributed by atoms with Crippen molar-refractivity contribution in [2.24, 2.45) is 11.3 Å². The minimum absolute atomic E-state index is 0.0614. The topological polar surface area (TPSA) is 3.24 Å². The monoisotopic (exact) mass is 635 g/mol. The van der Waals surface area contributed by atoms with Gasteiger partial charge in [-0.15, -0.1) is 0 Å². The molecule has 0 bridgehead atoms. The Morgan fingerprint density at radius 1 is 0.592 bits per heavy atom. The molecule has 1 aliphatic heterocycles. The molecule has 49 heavy (non-hydrogen) atoms. The van der Waals surface area contributed by atoms with Gasteiger partial charge in [0.2, 0.25) is 0 Å². The Morgan fingerprint density at radius 3 is 1.84 bits per heavy atom. The Labute approximate surface area is 292 Å². The van der Waals surface area contributed by atoms with Gasteiger partial charge in [-0.2, -0.15) is 0 Å². The SMILES string of the molecule is CC(C)(C)C1CCC2(C)C(C1)c1cc(-c3ccc4c(c3)-c3ccccc3C4(c3ccccc3)c3ccccc3)ccc1N2c1ccccc1. The van der Waals surface area contributed by atoms with Crippen LogP contribution in [0.15, 0.2) is 152 Å². The second-order valence-corrected chi connectivity index (χ2v) is 16.0. The Morgan fingerprint density at radius 2 is 1.16 bits per heavy atom. The molecule has 1 heteroatoms. The summed E-state index contributed by atoms with van der Waals surface area (Å²) in [5, 5.41) is 0. The molecule has 6 aromatic carbocycles. The summed E-state index contributed by atoms with van der Waals surface area (Å²) in [7, 11) is 0. The fraction of sp³-hybridized carbons (Fsp3) is 0.250. The van der Waals surface area contributed by atoms with E-state index < -0.39 is 0 Å². The van der Waals surface area contributed by atoms with Crippen LogP contribution >= 0.6 is 0 Å². The maximum Gasteiger partial charge on any atom is 0.0713 e. The van der Waals surface area contributed by atoms with Gasteiger partial charge in [0, 0.05) is 22.8 Å². The highest BCUT2D eigenvalue weighted by molar-refractivity contribution is 5.89. The van der Waals surface area contributed by atoms with E-state index in [4.69, 9.17) is 0 Å². The zero-order valence-corrected chi connectivity index (χ0v) is 29.2. The largest absolute Gasteiger partial charge is 0.335 e. The number of para-hydroxylation sites is 1. The summed E-state index contributed by atoms with van der Waals surface area (Å²) in [6.07, 6.45) is 3.71. The first-order valence-corrected chi connectivity index (χ1v) is 18.2. The van der Waals surface area contributed by atoms with E-state index in [9.17, 15) is 0 Å². The highest BCUT2D eigenvalue weighted by atomic mass is 15.2. The van der Waals surface area contributed by atoms with E-state index in [-0.39, 0.29) is 11.0 Å². The molecule has 3 unspecified atom stereocenters. The van der Waals surface area contributed by atoms with Crippen LogP contribution in [0, 0.1) is 11.3 Å². The van der Waals surface area contributed by atoms with Crippen LogP contribution in [0.3, 0.4) is 0 Å². The first-order valence-electron chi connectivity index (χ1n) is 18.2. The average molecular weight is 636 g/mol. The normalized spacial score (nSPS) is 21.8. The first-order chi connectivity index (χ1) is 23.8. The molecular weight excluding hydrogens is 591 g/mol. The highest BCUT2D eigenvalue weighted by Gasteiger charge is 2.53. The van der Waals surface area contributed by atoms with E-state index >= 15 is 0 Å². The summed E-state index contributed by atoms with van der Waals surface area (Å²) in [5.74, 6) is 1.19. The summed E-state index contributed by atoms with van der Waals surface area (Å²) < 4.78 is 0. The highest BCUT2D eigenvalue weighted by Crippen LogP contribution is 2.61. The molecule has 3 aliphatic rings. The minimum Gasteiger partial charge on any atom is -0.335 e. The van der Waals surface area contributed by atoms with E-state index in [1.807, 2.05) is 0 Å². The molecule has 6 aromatic rings. The van der Waals surface area contributed by atoms with Crippen molar-refractivity contribution in [3.63, 3.8) is 0 Å². The molecule has 242 valence electrons. The van der Waals surface area contributed by atoms with E-state index in [1.165, 1.54) is 80.7 Å². The van der Waals surface area contributed by atoms with E-state index in [2.05, 4.69) is 184 Å². The number of rotatable bonds is 4. The van der Waals surface area contributed by atoms with Crippen molar-refractivity contribution in [2.45, 2.75) is 63.8 Å². The molecule has 3 atom stereocenters. The molecule has 0 radical (unpaired) electrons. The summed E-state index contributed by atoms with van der Waals surface area (Å²) in [5.41, 5.74) is 14.8. The zero-order valence-electron chi connectivity index (χ0n) is 29.2. The first kappa shape index (κ1) is 30.2. The van der Waals surface area contributed by atoms with Crippen LogP contribution in [0.25, 0.3) is 22.3 Å². The Balaban J connectivity index is 1.21. The number of nitrogens with zero attached hydrogens (tertiary/aromatic N) is 1. The lowest BCUT2D eigenvalue weighted by Gasteiger charge is -2.49. The second kappa shape index (κ2) is 11.1. The van der Waals surface area contributed by atoms with Crippen molar-refractivity contribution in [3.05, 3.63) is 179 Å². The Kier molecular flexibility index (Phi) is 6.82. The van der Waals surface area contributed by atoms with Crippen LogP contribution < -0.4 is 4.90 Å². The smallest absolute Gasteiger partial charge is 0.0713 e. The quantitative estimate of drug-likeness (QED) is 0.186. The number of anilines is 2. The van der Waals surface area contributed by atoms with Crippen molar-refractivity contribution in [1.29, 1.82) is 0 Å². The molecule has 1 nitrogen and oxygen atoms in total. The maximum atomic E-state index is 2.68. The van der Waals surface area contributed by atoms with Crippen LogP contribution in [0.4, 0.5) is 11.4 Å². The molecular formula is C48H45N. The predicted octanol–water partition coefficient (Wildman–Crippen LogP) is 12.6. The van der Waals surface area contributed by atoms with Gasteiger partial charge < -0.3 is 4.90 Å². The zero-order chi connectivity index (χ0) is 33.4. The number of hydrogen-bond donors (Lipinski definition) is 0. The third-order valence-electron chi connectivity index (χ3n) is 12.5. The molecule has 1 heterocycles. The van der Waals surface area contributed by atoms with E-state index in [1.54, 1.807) is 0 Å². The molecule has 0 saturated heterocycles. The van der Waals surface area contributed by atoms with Gasteiger partial charge in [0.1, 0.15) is 0 Å². The van der Waals surface area contributed by atoms with Gasteiger partial charge in [0.05, 0.1) is 5.41 Å². The average Bonchev–Trinajstić information content (AvgIpc) is 3.58. The van der Waals surface area contributed by atoms with Crippen LogP contribution in [-0.2, 0) is 5.41 Å². The third-order valence-corrected chi connectivity index (χ3v) is 12.5. The molecule has 0 amide bonds. The summed E-state index contributed by atoms with van der Waals surface area (Å²) in [6.45, 7) is 9.85. The lowest BCUT2D eigenvalue weighted by molar-refractivity contribution is 0.127. The summed E-state index contributed by atoms with van der Waals surface area (Å²) in [4.78, 5) is 2.68. The second-order valence-electron chi connectivity index (χ2n) is 16.0. The number of benzene rings is 6. The fourth-order valence-corrected chi connectivity index (χ4v) is 9.94. The van der Waals surface area contributed by atoms with Gasteiger partial charge in [-0.05, 0) is 118 Å². The standard InChI is InChI=1S/C48H45N/c1-46(2,3)37-28-29-47(4)44(32-37)41-31-34(25-27-45(41)49(47)38-20-12-7-13-21-38)33-24-26-43-40(30-33)39-22-14-15-23-42(39)48(43,35-16-8-5-9-17-35)36-18-10-6-11-19-36/h5-27,30-31,37,44H,28-29,32H2,1-4H3. The molecule has 0 spiro atoms. The molecule has 9 rings (SSSR count). The van der Waals surface area contributed by atoms with Crippen LogP contribution in [0.2, 0.25) is 0 Å². The minimum atomic E-state index is -0.368. The lowest BCUT2D eigenvalue weighted by Crippen LogP contribution is -2.48. The van der Waals surface area contributed by atoms with E-state index in [0.717, 1.165) is 0 Å². The van der Waals surface area contributed by atoms with Gasteiger partial charge in [-0.25, -0.2) is 0 Å². The number of hydrogen-bond acceptors (Lipinski definition) is 1. The Bertz CT molecular complexity index is 2120. The lowest BCUT2D eigenvalue weighted by atomic mass is 9.62. The van der Waals surface area contributed by atoms with Crippen molar-refractivity contribution in [2.75, 3.05) is 4.90 Å². The van der Waals surface area contributed by atoms with E-state index in [0.29, 0.717) is 17.3 Å². The molecule has 0 N–H and O–H groups in total. The summed E-state index contributed by atoms with van der Waals surface area (Å²) >= 11 is 0.